The molecule has 0 aromatic heterocycles. The van der Waals surface area contributed by atoms with Crippen molar-refractivity contribution in [3.63, 3.8) is 0 Å². The molecule has 0 aliphatic rings. The normalized spacial score (nSPS) is 11.6. The molecule has 0 aliphatic heterocycles. The van der Waals surface area contributed by atoms with Crippen molar-refractivity contribution in [3.8, 4) is 0 Å². The molecule has 4 heteroatoms. The molecule has 1 amide bonds. The second kappa shape index (κ2) is 9.20. The first-order chi connectivity index (χ1) is 14.0. The predicted molar refractivity (Wildman–Crippen MR) is 115 cm³/mol. The molecule has 3 rings (SSSR count). The number of hydrogen-bond acceptors (Lipinski definition) is 3. The van der Waals surface area contributed by atoms with Gasteiger partial charge in [-0.1, -0.05) is 66.7 Å². The molecule has 4 nitrogen and oxygen atoms in total. The number of carbonyl (C=O) groups excluding carboxylic acids is 2. The quantitative estimate of drug-likeness (QED) is 0.600. The van der Waals surface area contributed by atoms with E-state index in [1.165, 1.54) is 0 Å². The summed E-state index contributed by atoms with van der Waals surface area (Å²) in [4.78, 5) is 25.3. The van der Waals surface area contributed by atoms with Gasteiger partial charge in [0, 0.05) is 5.69 Å². The van der Waals surface area contributed by atoms with Gasteiger partial charge in [-0.3, -0.25) is 4.79 Å². The molecule has 0 aliphatic carbocycles. The average molecular weight is 387 g/mol. The van der Waals surface area contributed by atoms with E-state index < -0.39 is 12.1 Å². The summed E-state index contributed by atoms with van der Waals surface area (Å²) in [6.45, 7) is 5.44. The minimum absolute atomic E-state index is 0.351. The van der Waals surface area contributed by atoms with Crippen molar-refractivity contribution < 1.29 is 14.3 Å². The van der Waals surface area contributed by atoms with E-state index in [2.05, 4.69) is 5.32 Å². The Morgan fingerprint density at radius 3 is 2.17 bits per heavy atom. The van der Waals surface area contributed by atoms with Crippen molar-refractivity contribution in [3.05, 3.63) is 101 Å². The van der Waals surface area contributed by atoms with Crippen LogP contribution in [0.1, 0.15) is 39.5 Å². The van der Waals surface area contributed by atoms with E-state index in [0.29, 0.717) is 12.0 Å². The maximum absolute atomic E-state index is 12.8. The molecule has 29 heavy (non-hydrogen) atoms. The molecule has 1 atom stereocenters. The van der Waals surface area contributed by atoms with Gasteiger partial charge in [0.1, 0.15) is 0 Å². The summed E-state index contributed by atoms with van der Waals surface area (Å²) in [7, 11) is 0. The van der Waals surface area contributed by atoms with E-state index >= 15 is 0 Å². The number of hydrogen-bond donors (Lipinski definition) is 1. The summed E-state index contributed by atoms with van der Waals surface area (Å²) >= 11 is 0. The second-order valence-corrected chi connectivity index (χ2v) is 7.12. The number of esters is 1. The van der Waals surface area contributed by atoms with Gasteiger partial charge in [-0.25, -0.2) is 4.79 Å². The zero-order chi connectivity index (χ0) is 20.8. The lowest BCUT2D eigenvalue weighted by Gasteiger charge is -2.17. The number of carbonyl (C=O) groups is 2. The minimum Gasteiger partial charge on any atom is -0.449 e. The zero-order valence-corrected chi connectivity index (χ0v) is 16.9. The maximum Gasteiger partial charge on any atom is 0.339 e. The van der Waals surface area contributed by atoms with Crippen molar-refractivity contribution in [1.29, 1.82) is 0 Å². The molecule has 0 radical (unpaired) electrons. The first-order valence-electron chi connectivity index (χ1n) is 9.65. The first kappa shape index (κ1) is 20.3. The lowest BCUT2D eigenvalue weighted by atomic mass is 10.00. The highest BCUT2D eigenvalue weighted by Gasteiger charge is 2.21. The van der Waals surface area contributed by atoms with Crippen molar-refractivity contribution in [1.82, 2.24) is 0 Å². The lowest BCUT2D eigenvalue weighted by molar-refractivity contribution is -0.123. The van der Waals surface area contributed by atoms with Crippen LogP contribution in [-0.4, -0.2) is 18.0 Å². The van der Waals surface area contributed by atoms with Crippen molar-refractivity contribution in [2.75, 3.05) is 5.32 Å². The maximum atomic E-state index is 12.8. The van der Waals surface area contributed by atoms with Crippen molar-refractivity contribution in [2.24, 2.45) is 0 Å². The molecule has 1 N–H and O–H groups in total. The van der Waals surface area contributed by atoms with E-state index in [1.54, 1.807) is 19.1 Å². The molecule has 3 aromatic carbocycles. The Kier molecular flexibility index (Phi) is 6.45. The van der Waals surface area contributed by atoms with Crippen LogP contribution in [0.3, 0.4) is 0 Å². The lowest BCUT2D eigenvalue weighted by Crippen LogP contribution is -2.30. The van der Waals surface area contributed by atoms with Gasteiger partial charge in [0.05, 0.1) is 5.56 Å². The summed E-state index contributed by atoms with van der Waals surface area (Å²) in [5.41, 5.74) is 5.13. The summed E-state index contributed by atoms with van der Waals surface area (Å²) < 4.78 is 5.48. The van der Waals surface area contributed by atoms with Gasteiger partial charge in [0.2, 0.25) is 0 Å². The van der Waals surface area contributed by atoms with Crippen molar-refractivity contribution in [2.45, 2.75) is 33.3 Å². The summed E-state index contributed by atoms with van der Waals surface area (Å²) in [5.74, 6) is -0.850. The Bertz CT molecular complexity index is 991. The van der Waals surface area contributed by atoms with Gasteiger partial charge in [-0.15, -0.1) is 0 Å². The van der Waals surface area contributed by atoms with Crippen LogP contribution in [0.5, 0.6) is 0 Å². The first-order valence-corrected chi connectivity index (χ1v) is 9.65. The zero-order valence-electron chi connectivity index (χ0n) is 16.9. The van der Waals surface area contributed by atoms with Gasteiger partial charge in [0.25, 0.3) is 5.91 Å². The number of nitrogens with one attached hydrogen (secondary N) is 1. The van der Waals surface area contributed by atoms with Gasteiger partial charge in [-0.2, -0.15) is 0 Å². The summed E-state index contributed by atoms with van der Waals surface area (Å²) in [6, 6.07) is 23.1. The van der Waals surface area contributed by atoms with E-state index in [1.807, 2.05) is 74.5 Å². The van der Waals surface area contributed by atoms with Crippen LogP contribution >= 0.6 is 0 Å². The SMILES string of the molecule is Cc1cccc(C)c1NC(=O)C(C)OC(=O)c1ccccc1Cc1ccccc1. The summed E-state index contributed by atoms with van der Waals surface area (Å²) in [5, 5.41) is 2.87. The molecule has 148 valence electrons. The number of aryl methyl sites for hydroxylation is 2. The molecule has 0 bridgehead atoms. The number of para-hydroxylation sites is 1. The number of ether oxygens (including phenoxy) is 1. The Hall–Kier alpha value is -3.40. The van der Waals surface area contributed by atoms with Crippen LogP contribution in [0.25, 0.3) is 0 Å². The number of rotatable bonds is 6. The Morgan fingerprint density at radius 2 is 1.48 bits per heavy atom. The molecule has 0 saturated carbocycles. The van der Waals surface area contributed by atoms with E-state index in [0.717, 1.165) is 27.9 Å². The largest absolute Gasteiger partial charge is 0.449 e. The molecular weight excluding hydrogens is 362 g/mol. The van der Waals surface area contributed by atoms with Gasteiger partial charge < -0.3 is 10.1 Å². The highest BCUT2D eigenvalue weighted by Crippen LogP contribution is 2.20. The fourth-order valence-electron chi connectivity index (χ4n) is 3.20. The van der Waals surface area contributed by atoms with E-state index in [4.69, 9.17) is 4.74 Å². The van der Waals surface area contributed by atoms with Crippen LogP contribution in [0.2, 0.25) is 0 Å². The summed E-state index contributed by atoms with van der Waals surface area (Å²) in [6.07, 6.45) is -0.291. The van der Waals surface area contributed by atoms with Gasteiger partial charge in [0.15, 0.2) is 6.10 Å². The van der Waals surface area contributed by atoms with Crippen LogP contribution < -0.4 is 5.32 Å². The Morgan fingerprint density at radius 1 is 0.862 bits per heavy atom. The van der Waals surface area contributed by atoms with E-state index in [-0.39, 0.29) is 5.91 Å². The number of benzene rings is 3. The molecule has 0 heterocycles. The topological polar surface area (TPSA) is 55.4 Å². The molecule has 0 saturated heterocycles. The predicted octanol–water partition coefficient (Wildman–Crippen LogP) is 5.08. The number of anilines is 1. The standard InChI is InChI=1S/C25H25NO3/c1-17-10-9-11-18(2)23(17)26-24(27)19(3)29-25(28)22-15-8-7-14-21(22)16-20-12-5-4-6-13-20/h4-15,19H,16H2,1-3H3,(H,26,27). The number of amides is 1. The smallest absolute Gasteiger partial charge is 0.339 e. The fraction of sp³-hybridized carbons (Fsp3) is 0.200. The molecule has 0 fully saturated rings. The molecular formula is C25H25NO3. The molecule has 3 aromatic rings. The third kappa shape index (κ3) is 5.11. The molecule has 0 spiro atoms. The Balaban J connectivity index is 1.71. The van der Waals surface area contributed by atoms with Gasteiger partial charge in [-0.05, 0) is 55.5 Å². The Labute approximate surface area is 171 Å². The van der Waals surface area contributed by atoms with Crippen LogP contribution in [0.4, 0.5) is 5.69 Å². The average Bonchev–Trinajstić information content (AvgIpc) is 2.71. The van der Waals surface area contributed by atoms with Crippen LogP contribution in [-0.2, 0) is 16.0 Å². The third-order valence-electron chi connectivity index (χ3n) is 4.86. The highest BCUT2D eigenvalue weighted by molar-refractivity contribution is 5.98. The van der Waals surface area contributed by atoms with Crippen LogP contribution in [0, 0.1) is 13.8 Å². The fourth-order valence-corrected chi connectivity index (χ4v) is 3.20. The minimum atomic E-state index is -0.911. The van der Waals surface area contributed by atoms with Gasteiger partial charge >= 0.3 is 5.97 Å². The monoisotopic (exact) mass is 387 g/mol. The highest BCUT2D eigenvalue weighted by atomic mass is 16.5. The second-order valence-electron chi connectivity index (χ2n) is 7.12. The third-order valence-corrected chi connectivity index (χ3v) is 4.86. The van der Waals surface area contributed by atoms with Crippen molar-refractivity contribution >= 4 is 17.6 Å². The van der Waals surface area contributed by atoms with E-state index in [9.17, 15) is 9.59 Å². The molecule has 1 unspecified atom stereocenters. The van der Waals surface area contributed by atoms with Crippen LogP contribution in [0.15, 0.2) is 72.8 Å².